The molecule has 0 radical (unpaired) electrons. The molecule has 2 aromatic heterocycles. The zero-order valence-corrected chi connectivity index (χ0v) is 13.3. The molecule has 1 fully saturated rings. The molecular formula is C17H21N3O3. The fourth-order valence-electron chi connectivity index (χ4n) is 2.55. The van der Waals surface area contributed by atoms with Gasteiger partial charge >= 0.3 is 0 Å². The van der Waals surface area contributed by atoms with Gasteiger partial charge in [-0.3, -0.25) is 9.59 Å². The zero-order chi connectivity index (χ0) is 16.2. The Bertz CT molecular complexity index is 717. The van der Waals surface area contributed by atoms with Crippen LogP contribution in [0.2, 0.25) is 0 Å². The average Bonchev–Trinajstić information content (AvgIpc) is 3.19. The zero-order valence-electron chi connectivity index (χ0n) is 13.3. The first-order valence-corrected chi connectivity index (χ1v) is 8.07. The Balaban J connectivity index is 1.76. The third-order valence-electron chi connectivity index (χ3n) is 3.95. The molecule has 0 unspecified atom stereocenters. The number of carbonyl (C=O) groups is 1. The van der Waals surface area contributed by atoms with Crippen molar-refractivity contribution in [2.75, 3.05) is 13.1 Å². The normalized spacial score (nSPS) is 14.0. The van der Waals surface area contributed by atoms with E-state index in [1.165, 1.54) is 23.6 Å². The minimum atomic E-state index is -0.281. The maximum atomic E-state index is 12.5. The SMILES string of the molecule is CCCN(CC1CC1)C(=O)Cn1nc(-c2ccco2)ccc1=O. The molecule has 1 aliphatic carbocycles. The van der Waals surface area contributed by atoms with E-state index in [4.69, 9.17) is 4.42 Å². The number of nitrogens with zero attached hydrogens (tertiary/aromatic N) is 3. The minimum Gasteiger partial charge on any atom is -0.463 e. The Morgan fingerprint density at radius 2 is 2.22 bits per heavy atom. The van der Waals surface area contributed by atoms with Crippen molar-refractivity contribution >= 4 is 5.91 Å². The lowest BCUT2D eigenvalue weighted by atomic mass is 10.3. The number of aromatic nitrogens is 2. The molecule has 6 heteroatoms. The molecule has 1 aliphatic rings. The number of rotatable bonds is 7. The summed E-state index contributed by atoms with van der Waals surface area (Å²) in [4.78, 5) is 26.4. The number of amides is 1. The lowest BCUT2D eigenvalue weighted by molar-refractivity contribution is -0.132. The summed E-state index contributed by atoms with van der Waals surface area (Å²) >= 11 is 0. The molecule has 1 amide bonds. The van der Waals surface area contributed by atoms with Crippen molar-refractivity contribution < 1.29 is 9.21 Å². The molecule has 2 heterocycles. The van der Waals surface area contributed by atoms with E-state index in [-0.39, 0.29) is 18.0 Å². The number of hydrogen-bond acceptors (Lipinski definition) is 4. The summed E-state index contributed by atoms with van der Waals surface area (Å²) in [5, 5.41) is 4.25. The fourth-order valence-corrected chi connectivity index (χ4v) is 2.55. The van der Waals surface area contributed by atoms with Gasteiger partial charge in [0, 0.05) is 19.2 Å². The van der Waals surface area contributed by atoms with E-state index in [0.29, 0.717) is 17.4 Å². The van der Waals surface area contributed by atoms with Crippen molar-refractivity contribution in [3.8, 4) is 11.5 Å². The summed E-state index contributed by atoms with van der Waals surface area (Å²) in [6, 6.07) is 6.56. The summed E-state index contributed by atoms with van der Waals surface area (Å²) in [5.74, 6) is 1.16. The summed E-state index contributed by atoms with van der Waals surface area (Å²) in [6.07, 6.45) is 4.85. The Morgan fingerprint density at radius 1 is 1.39 bits per heavy atom. The number of carbonyl (C=O) groups excluding carboxylic acids is 1. The van der Waals surface area contributed by atoms with E-state index in [1.807, 2.05) is 4.90 Å². The van der Waals surface area contributed by atoms with Crippen LogP contribution in [0.4, 0.5) is 0 Å². The predicted molar refractivity (Wildman–Crippen MR) is 85.8 cm³/mol. The summed E-state index contributed by atoms with van der Waals surface area (Å²) in [6.45, 7) is 3.54. The Hall–Kier alpha value is -2.37. The van der Waals surface area contributed by atoms with Gasteiger partial charge in [0.2, 0.25) is 5.91 Å². The van der Waals surface area contributed by atoms with Crippen LogP contribution in [0.3, 0.4) is 0 Å². The Morgan fingerprint density at radius 3 is 2.87 bits per heavy atom. The van der Waals surface area contributed by atoms with Crippen molar-refractivity contribution in [3.63, 3.8) is 0 Å². The van der Waals surface area contributed by atoms with E-state index in [0.717, 1.165) is 19.5 Å². The average molecular weight is 315 g/mol. The van der Waals surface area contributed by atoms with Crippen molar-refractivity contribution in [3.05, 3.63) is 40.9 Å². The van der Waals surface area contributed by atoms with Gasteiger partial charge in [-0.25, -0.2) is 4.68 Å². The molecule has 0 bridgehead atoms. The Labute approximate surface area is 134 Å². The van der Waals surface area contributed by atoms with Crippen molar-refractivity contribution in [2.45, 2.75) is 32.7 Å². The van der Waals surface area contributed by atoms with Gasteiger partial charge in [0.15, 0.2) is 5.76 Å². The monoisotopic (exact) mass is 315 g/mol. The van der Waals surface area contributed by atoms with Crippen molar-refractivity contribution in [1.29, 1.82) is 0 Å². The van der Waals surface area contributed by atoms with Crippen molar-refractivity contribution in [1.82, 2.24) is 14.7 Å². The smallest absolute Gasteiger partial charge is 0.267 e. The predicted octanol–water partition coefficient (Wildman–Crippen LogP) is 2.15. The van der Waals surface area contributed by atoms with E-state index in [9.17, 15) is 9.59 Å². The van der Waals surface area contributed by atoms with Gasteiger partial charge in [0.05, 0.1) is 6.26 Å². The van der Waals surface area contributed by atoms with Crippen LogP contribution in [0.15, 0.2) is 39.7 Å². The van der Waals surface area contributed by atoms with Crippen LogP contribution < -0.4 is 5.56 Å². The van der Waals surface area contributed by atoms with Crippen molar-refractivity contribution in [2.24, 2.45) is 5.92 Å². The topological polar surface area (TPSA) is 68.3 Å². The molecule has 0 aromatic carbocycles. The van der Waals surface area contributed by atoms with E-state index in [2.05, 4.69) is 12.0 Å². The molecule has 0 spiro atoms. The third-order valence-corrected chi connectivity index (χ3v) is 3.95. The fraction of sp³-hybridized carbons (Fsp3) is 0.471. The van der Waals surface area contributed by atoms with Crippen LogP contribution in [0.1, 0.15) is 26.2 Å². The molecule has 0 aliphatic heterocycles. The molecular weight excluding hydrogens is 294 g/mol. The molecule has 1 saturated carbocycles. The highest BCUT2D eigenvalue weighted by Crippen LogP contribution is 2.29. The Kier molecular flexibility index (Phi) is 4.60. The van der Waals surface area contributed by atoms with Gasteiger partial charge in [-0.1, -0.05) is 6.92 Å². The first-order chi connectivity index (χ1) is 11.2. The highest BCUT2D eigenvalue weighted by atomic mass is 16.3. The van der Waals surface area contributed by atoms with Crippen LogP contribution in [-0.2, 0) is 11.3 Å². The van der Waals surface area contributed by atoms with E-state index >= 15 is 0 Å². The van der Waals surface area contributed by atoms with Gasteiger partial charge in [0.1, 0.15) is 12.2 Å². The number of hydrogen-bond donors (Lipinski definition) is 0. The van der Waals surface area contributed by atoms with E-state index in [1.54, 1.807) is 24.5 Å². The van der Waals surface area contributed by atoms with Gasteiger partial charge in [0.25, 0.3) is 5.56 Å². The largest absolute Gasteiger partial charge is 0.463 e. The van der Waals surface area contributed by atoms with Gasteiger partial charge < -0.3 is 9.32 Å². The molecule has 2 aromatic rings. The first kappa shape index (κ1) is 15.5. The van der Waals surface area contributed by atoms with Crippen LogP contribution in [0.5, 0.6) is 0 Å². The maximum Gasteiger partial charge on any atom is 0.267 e. The van der Waals surface area contributed by atoms with Gasteiger partial charge in [-0.15, -0.1) is 0 Å². The van der Waals surface area contributed by atoms with Crippen LogP contribution in [-0.4, -0.2) is 33.7 Å². The maximum absolute atomic E-state index is 12.5. The molecule has 0 saturated heterocycles. The summed E-state index contributed by atoms with van der Waals surface area (Å²) in [7, 11) is 0. The molecule has 122 valence electrons. The number of furan rings is 1. The quantitative estimate of drug-likeness (QED) is 0.785. The molecule has 3 rings (SSSR count). The highest BCUT2D eigenvalue weighted by Gasteiger charge is 2.26. The van der Waals surface area contributed by atoms with E-state index < -0.39 is 0 Å². The second kappa shape index (κ2) is 6.81. The van der Waals surface area contributed by atoms with Crippen LogP contribution in [0, 0.1) is 5.92 Å². The lowest BCUT2D eigenvalue weighted by Crippen LogP contribution is -2.38. The van der Waals surface area contributed by atoms with Crippen LogP contribution >= 0.6 is 0 Å². The summed E-state index contributed by atoms with van der Waals surface area (Å²) < 4.78 is 6.51. The summed E-state index contributed by atoms with van der Waals surface area (Å²) in [5.41, 5.74) is 0.267. The second-order valence-corrected chi connectivity index (χ2v) is 5.97. The second-order valence-electron chi connectivity index (χ2n) is 5.97. The molecule has 23 heavy (non-hydrogen) atoms. The minimum absolute atomic E-state index is 0.0277. The third kappa shape index (κ3) is 3.88. The molecule has 0 N–H and O–H groups in total. The first-order valence-electron chi connectivity index (χ1n) is 8.07. The highest BCUT2D eigenvalue weighted by molar-refractivity contribution is 5.76. The molecule has 0 atom stereocenters. The van der Waals surface area contributed by atoms with Gasteiger partial charge in [-0.05, 0) is 43.4 Å². The standard InChI is InChI=1S/C17H21N3O3/c1-2-9-19(11-13-5-6-13)17(22)12-20-16(21)8-7-14(18-20)15-4-3-10-23-15/h3-4,7-8,10,13H,2,5-6,9,11-12H2,1H3. The van der Waals surface area contributed by atoms with Crippen LogP contribution in [0.25, 0.3) is 11.5 Å². The lowest BCUT2D eigenvalue weighted by Gasteiger charge is -2.22. The van der Waals surface area contributed by atoms with Gasteiger partial charge in [-0.2, -0.15) is 5.10 Å². The molecule has 6 nitrogen and oxygen atoms in total.